The minimum Gasteiger partial charge on any atom is -0.496 e. The quantitative estimate of drug-likeness (QED) is 0.857. The first-order chi connectivity index (χ1) is 9.58. The van der Waals surface area contributed by atoms with Crippen molar-refractivity contribution in [3.05, 3.63) is 62.6 Å². The Kier molecular flexibility index (Phi) is 5.08. The van der Waals surface area contributed by atoms with Crippen molar-refractivity contribution in [2.24, 2.45) is 0 Å². The van der Waals surface area contributed by atoms with Crippen LogP contribution in [0.5, 0.6) is 5.75 Å². The van der Waals surface area contributed by atoms with E-state index in [4.69, 9.17) is 16.3 Å². The van der Waals surface area contributed by atoms with Crippen LogP contribution in [0.15, 0.2) is 40.9 Å². The molecular formula is C16H17BrClNO. The summed E-state index contributed by atoms with van der Waals surface area (Å²) >= 11 is 9.90. The van der Waals surface area contributed by atoms with Crippen molar-refractivity contribution in [3.8, 4) is 5.75 Å². The number of hydrogen-bond donors (Lipinski definition) is 1. The Labute approximate surface area is 133 Å². The highest BCUT2D eigenvalue weighted by Crippen LogP contribution is 2.36. The molecule has 0 bridgehead atoms. The molecule has 0 radical (unpaired) electrons. The molecule has 0 aliphatic heterocycles. The van der Waals surface area contributed by atoms with Gasteiger partial charge in [-0.3, -0.25) is 0 Å². The van der Waals surface area contributed by atoms with Crippen LogP contribution in [-0.4, -0.2) is 14.2 Å². The number of rotatable bonds is 4. The lowest BCUT2D eigenvalue weighted by Crippen LogP contribution is -2.19. The first-order valence-corrected chi connectivity index (χ1v) is 7.51. The molecule has 0 heterocycles. The van der Waals surface area contributed by atoms with Gasteiger partial charge in [0.2, 0.25) is 0 Å². The summed E-state index contributed by atoms with van der Waals surface area (Å²) in [5.41, 5.74) is 3.23. The van der Waals surface area contributed by atoms with Crippen LogP contribution in [0.3, 0.4) is 0 Å². The minimum atomic E-state index is -0.0180. The van der Waals surface area contributed by atoms with Crippen LogP contribution in [0.1, 0.15) is 22.7 Å². The fourth-order valence-corrected chi connectivity index (χ4v) is 2.87. The number of hydrogen-bond acceptors (Lipinski definition) is 2. The molecule has 2 aromatic rings. The topological polar surface area (TPSA) is 21.3 Å². The maximum atomic E-state index is 6.32. The van der Waals surface area contributed by atoms with Crippen LogP contribution in [0.2, 0.25) is 5.02 Å². The van der Waals surface area contributed by atoms with Gasteiger partial charge < -0.3 is 10.1 Å². The van der Waals surface area contributed by atoms with Crippen LogP contribution in [-0.2, 0) is 0 Å². The Morgan fingerprint density at radius 3 is 2.50 bits per heavy atom. The highest BCUT2D eigenvalue weighted by atomic mass is 79.9. The number of aryl methyl sites for hydroxylation is 1. The van der Waals surface area contributed by atoms with E-state index in [-0.39, 0.29) is 6.04 Å². The second kappa shape index (κ2) is 6.61. The van der Waals surface area contributed by atoms with Crippen molar-refractivity contribution >= 4 is 27.5 Å². The first kappa shape index (κ1) is 15.4. The fraction of sp³-hybridized carbons (Fsp3) is 0.250. The maximum absolute atomic E-state index is 6.32. The van der Waals surface area contributed by atoms with E-state index >= 15 is 0 Å². The van der Waals surface area contributed by atoms with Gasteiger partial charge in [-0.15, -0.1) is 0 Å². The lowest BCUT2D eigenvalue weighted by Gasteiger charge is -2.22. The van der Waals surface area contributed by atoms with Crippen molar-refractivity contribution in [3.63, 3.8) is 0 Å². The number of benzene rings is 2. The van der Waals surface area contributed by atoms with Gasteiger partial charge >= 0.3 is 0 Å². The molecule has 2 aromatic carbocycles. The number of nitrogens with one attached hydrogen (secondary N) is 1. The third-order valence-corrected chi connectivity index (χ3v) is 4.53. The van der Waals surface area contributed by atoms with Gasteiger partial charge in [-0.1, -0.05) is 45.7 Å². The zero-order valence-electron chi connectivity index (χ0n) is 11.7. The van der Waals surface area contributed by atoms with E-state index in [0.29, 0.717) is 0 Å². The van der Waals surface area contributed by atoms with Crippen molar-refractivity contribution in [2.45, 2.75) is 13.0 Å². The Balaban J connectivity index is 2.58. The molecule has 1 unspecified atom stereocenters. The summed E-state index contributed by atoms with van der Waals surface area (Å²) in [7, 11) is 3.60. The Hall–Kier alpha value is -1.03. The second-order valence-corrected chi connectivity index (χ2v) is 5.85. The predicted molar refractivity (Wildman–Crippen MR) is 87.8 cm³/mol. The third kappa shape index (κ3) is 3.00. The molecular weight excluding hydrogens is 338 g/mol. The van der Waals surface area contributed by atoms with E-state index in [1.54, 1.807) is 7.11 Å². The van der Waals surface area contributed by atoms with E-state index in [1.807, 2.05) is 44.3 Å². The molecule has 0 spiro atoms. The van der Waals surface area contributed by atoms with Gasteiger partial charge in [-0.2, -0.15) is 0 Å². The summed E-state index contributed by atoms with van der Waals surface area (Å²) in [6.45, 7) is 2.04. The summed E-state index contributed by atoms with van der Waals surface area (Å²) in [5, 5.41) is 4.05. The normalized spacial score (nSPS) is 12.2. The largest absolute Gasteiger partial charge is 0.496 e. The molecule has 20 heavy (non-hydrogen) atoms. The van der Waals surface area contributed by atoms with Gasteiger partial charge in [0, 0.05) is 15.1 Å². The second-order valence-electron chi connectivity index (χ2n) is 4.59. The summed E-state index contributed by atoms with van der Waals surface area (Å²) in [6, 6.07) is 11.9. The summed E-state index contributed by atoms with van der Waals surface area (Å²) in [4.78, 5) is 0. The third-order valence-electron chi connectivity index (χ3n) is 3.33. The first-order valence-electron chi connectivity index (χ1n) is 6.34. The molecule has 0 amide bonds. The van der Waals surface area contributed by atoms with Gasteiger partial charge in [0.1, 0.15) is 5.75 Å². The Morgan fingerprint density at radius 1 is 1.20 bits per heavy atom. The number of ether oxygens (including phenoxy) is 1. The maximum Gasteiger partial charge on any atom is 0.124 e. The van der Waals surface area contributed by atoms with Crippen LogP contribution >= 0.6 is 27.5 Å². The monoisotopic (exact) mass is 353 g/mol. The molecule has 0 aliphatic rings. The zero-order valence-corrected chi connectivity index (χ0v) is 14.0. The molecule has 1 atom stereocenters. The molecule has 0 fully saturated rings. The van der Waals surface area contributed by atoms with Crippen LogP contribution < -0.4 is 10.1 Å². The Morgan fingerprint density at radius 2 is 1.90 bits per heavy atom. The average molecular weight is 355 g/mol. The molecule has 2 nitrogen and oxygen atoms in total. The predicted octanol–water partition coefficient (Wildman–Crippen LogP) is 4.73. The van der Waals surface area contributed by atoms with Crippen molar-refractivity contribution in [1.82, 2.24) is 5.32 Å². The zero-order chi connectivity index (χ0) is 14.7. The summed E-state index contributed by atoms with van der Waals surface area (Å²) in [5.74, 6) is 0.852. The lowest BCUT2D eigenvalue weighted by atomic mass is 9.97. The summed E-state index contributed by atoms with van der Waals surface area (Å²) < 4.78 is 6.58. The standard InChI is InChI=1S/C16H17BrClNO/c1-10-8-15(20-3)12(9-13(10)17)16(19-2)11-6-4-5-7-14(11)18/h4-9,16,19H,1-3H3. The molecule has 4 heteroatoms. The molecule has 0 saturated carbocycles. The van der Waals surface area contributed by atoms with E-state index < -0.39 is 0 Å². The SMILES string of the molecule is CNC(c1ccccc1Cl)c1cc(Br)c(C)cc1OC. The molecule has 0 saturated heterocycles. The average Bonchev–Trinajstić information content (AvgIpc) is 2.45. The smallest absolute Gasteiger partial charge is 0.124 e. The molecule has 106 valence electrons. The van der Waals surface area contributed by atoms with E-state index in [9.17, 15) is 0 Å². The van der Waals surface area contributed by atoms with E-state index in [1.165, 1.54) is 0 Å². The molecule has 0 aliphatic carbocycles. The van der Waals surface area contributed by atoms with Crippen LogP contribution in [0.4, 0.5) is 0 Å². The van der Waals surface area contributed by atoms with Gasteiger partial charge in [-0.05, 0) is 43.3 Å². The van der Waals surface area contributed by atoms with Gasteiger partial charge in [0.15, 0.2) is 0 Å². The number of methoxy groups -OCH3 is 1. The fourth-order valence-electron chi connectivity index (χ4n) is 2.26. The van der Waals surface area contributed by atoms with E-state index in [2.05, 4.69) is 27.3 Å². The molecule has 1 N–H and O–H groups in total. The van der Waals surface area contributed by atoms with E-state index in [0.717, 1.165) is 31.9 Å². The lowest BCUT2D eigenvalue weighted by molar-refractivity contribution is 0.405. The highest BCUT2D eigenvalue weighted by Gasteiger charge is 2.20. The van der Waals surface area contributed by atoms with Crippen LogP contribution in [0, 0.1) is 6.92 Å². The van der Waals surface area contributed by atoms with Gasteiger partial charge in [0.05, 0.1) is 13.2 Å². The Bertz CT molecular complexity index is 615. The molecule has 2 rings (SSSR count). The molecule has 0 aromatic heterocycles. The minimum absolute atomic E-state index is 0.0180. The number of halogens is 2. The van der Waals surface area contributed by atoms with Gasteiger partial charge in [-0.25, -0.2) is 0 Å². The van der Waals surface area contributed by atoms with Crippen molar-refractivity contribution < 1.29 is 4.74 Å². The van der Waals surface area contributed by atoms with Gasteiger partial charge in [0.25, 0.3) is 0 Å². The van der Waals surface area contributed by atoms with Crippen LogP contribution in [0.25, 0.3) is 0 Å². The highest BCUT2D eigenvalue weighted by molar-refractivity contribution is 9.10. The summed E-state index contributed by atoms with van der Waals surface area (Å²) in [6.07, 6.45) is 0. The van der Waals surface area contributed by atoms with Crippen molar-refractivity contribution in [2.75, 3.05) is 14.2 Å². The van der Waals surface area contributed by atoms with Crippen molar-refractivity contribution in [1.29, 1.82) is 0 Å².